The van der Waals surface area contributed by atoms with Gasteiger partial charge >= 0.3 is 0 Å². The maximum absolute atomic E-state index is 14.9. The van der Waals surface area contributed by atoms with E-state index in [1.165, 1.54) is 161 Å². The van der Waals surface area contributed by atoms with E-state index in [1.54, 1.807) is 0 Å². The molecule has 8 atom stereocenters. The topological polar surface area (TPSA) is 103 Å². The van der Waals surface area contributed by atoms with E-state index in [4.69, 9.17) is 37.9 Å². The fraction of sp³-hybridized carbons (Fsp3) is 0.580. The zero-order chi connectivity index (χ0) is 68.2. The SMILES string of the molecule is CCCCCCCCCCCCCCCCCCCCCC(=O)N[C@@H](COCc1ccccc1)[C@@H](O[C@@H]1O[C@H](COCc2ccccc2)[C@H](OCc2ccccc2)[C@H](OCc2ccccc2)[C@H]1OCc1ccccc1)[C@@H](CCCCCCCCCCCCCC)OCc1ccccc1. The molecule has 0 spiro atoms. The van der Waals surface area contributed by atoms with Gasteiger partial charge in [-0.2, -0.15) is 0 Å². The number of benzene rings is 6. The Kier molecular flexibility index (Phi) is 42.7. The Labute approximate surface area is 593 Å². The molecule has 0 aromatic heterocycles. The Balaban J connectivity index is 1.16. The monoisotopic (exact) mass is 1340 g/mol. The fourth-order valence-corrected chi connectivity index (χ4v) is 13.5. The van der Waals surface area contributed by atoms with Crippen LogP contribution >= 0.6 is 0 Å². The van der Waals surface area contributed by atoms with Crippen LogP contribution in [0.25, 0.3) is 0 Å². The van der Waals surface area contributed by atoms with Crippen molar-refractivity contribution in [2.75, 3.05) is 13.2 Å². The van der Waals surface area contributed by atoms with Crippen molar-refractivity contribution in [3.63, 3.8) is 0 Å². The number of nitrogens with one attached hydrogen (secondary N) is 1. The van der Waals surface area contributed by atoms with E-state index in [9.17, 15) is 4.79 Å². The molecule has 1 aliphatic rings. The Hall–Kier alpha value is -5.53. The minimum atomic E-state index is -1.07. The molecule has 6 aromatic rings. The van der Waals surface area contributed by atoms with Gasteiger partial charge in [0, 0.05) is 6.42 Å². The number of ether oxygens (including phenoxy) is 8. The lowest BCUT2D eigenvalue weighted by molar-refractivity contribution is -0.344. The third kappa shape index (κ3) is 34.2. The second kappa shape index (κ2) is 52.5. The second-order valence-corrected chi connectivity index (χ2v) is 27.7. The summed E-state index contributed by atoms with van der Waals surface area (Å²) in [7, 11) is 0. The molecule has 1 fully saturated rings. The summed E-state index contributed by atoms with van der Waals surface area (Å²) >= 11 is 0. The van der Waals surface area contributed by atoms with Gasteiger partial charge in [0.2, 0.25) is 5.91 Å². The zero-order valence-electron chi connectivity index (χ0n) is 60.6. The highest BCUT2D eigenvalue weighted by Gasteiger charge is 2.51. The quantitative estimate of drug-likeness (QED) is 0.0374. The Morgan fingerprint density at radius 2 is 0.694 bits per heavy atom. The van der Waals surface area contributed by atoms with Gasteiger partial charge in [0.1, 0.15) is 30.5 Å². The molecule has 1 heterocycles. The summed E-state index contributed by atoms with van der Waals surface area (Å²) in [6.07, 6.45) is 35.3. The first-order valence-corrected chi connectivity index (χ1v) is 39.0. The van der Waals surface area contributed by atoms with Gasteiger partial charge in [-0.25, -0.2) is 0 Å². The Morgan fingerprint density at radius 3 is 1.09 bits per heavy atom. The van der Waals surface area contributed by atoms with Gasteiger partial charge in [0.15, 0.2) is 6.29 Å². The third-order valence-electron chi connectivity index (χ3n) is 19.3. The number of carbonyl (C=O) groups is 1. The average Bonchev–Trinajstić information content (AvgIpc) is 0.785. The van der Waals surface area contributed by atoms with E-state index in [0.717, 1.165) is 71.9 Å². The summed E-state index contributed by atoms with van der Waals surface area (Å²) in [6.45, 7) is 6.81. The van der Waals surface area contributed by atoms with Crippen LogP contribution in [-0.2, 0) is 82.3 Å². The summed E-state index contributed by atoms with van der Waals surface area (Å²) in [5, 5.41) is 3.57. The van der Waals surface area contributed by atoms with Crippen LogP contribution in [0.2, 0.25) is 0 Å². The van der Waals surface area contributed by atoms with Gasteiger partial charge in [0.05, 0.1) is 65.0 Å². The first-order chi connectivity index (χ1) is 48.6. The van der Waals surface area contributed by atoms with Crippen molar-refractivity contribution in [1.82, 2.24) is 5.32 Å². The highest BCUT2D eigenvalue weighted by Crippen LogP contribution is 2.35. The van der Waals surface area contributed by atoms with Gasteiger partial charge in [-0.05, 0) is 46.2 Å². The fourth-order valence-electron chi connectivity index (χ4n) is 13.5. The number of unbranched alkanes of at least 4 members (excludes halogenated alkanes) is 29. The predicted octanol–water partition coefficient (Wildman–Crippen LogP) is 22.3. The molecule has 0 saturated carbocycles. The minimum Gasteiger partial charge on any atom is -0.375 e. The molecule has 0 aliphatic carbocycles. The number of hydrogen-bond donors (Lipinski definition) is 1. The van der Waals surface area contributed by atoms with Crippen molar-refractivity contribution in [2.24, 2.45) is 0 Å². The van der Waals surface area contributed by atoms with Gasteiger partial charge in [0.25, 0.3) is 0 Å². The summed E-state index contributed by atoms with van der Waals surface area (Å²) in [6, 6.07) is 60.9. The van der Waals surface area contributed by atoms with E-state index < -0.39 is 49.0 Å². The molecule has 10 nitrogen and oxygen atoms in total. The van der Waals surface area contributed by atoms with Crippen LogP contribution in [0, 0.1) is 0 Å². The van der Waals surface area contributed by atoms with Crippen molar-refractivity contribution in [1.29, 1.82) is 0 Å². The van der Waals surface area contributed by atoms with Crippen LogP contribution in [0.3, 0.4) is 0 Å². The number of carbonyl (C=O) groups excluding carboxylic acids is 1. The van der Waals surface area contributed by atoms with Crippen molar-refractivity contribution >= 4 is 5.91 Å². The van der Waals surface area contributed by atoms with Crippen molar-refractivity contribution in [2.45, 2.75) is 314 Å². The van der Waals surface area contributed by atoms with Crippen LogP contribution in [0.5, 0.6) is 0 Å². The summed E-state index contributed by atoms with van der Waals surface area (Å²) < 4.78 is 57.8. The molecule has 1 N–H and O–H groups in total. The zero-order valence-corrected chi connectivity index (χ0v) is 60.6. The third-order valence-corrected chi connectivity index (χ3v) is 19.3. The molecule has 1 saturated heterocycles. The van der Waals surface area contributed by atoms with Crippen LogP contribution in [-0.4, -0.2) is 68.1 Å². The van der Waals surface area contributed by atoms with E-state index in [1.807, 2.05) is 97.1 Å². The molecule has 1 aliphatic heterocycles. The molecule has 1 amide bonds. The van der Waals surface area contributed by atoms with E-state index in [-0.39, 0.29) is 32.3 Å². The highest BCUT2D eigenvalue weighted by atomic mass is 16.7. The molecule has 6 aromatic carbocycles. The van der Waals surface area contributed by atoms with Crippen LogP contribution < -0.4 is 5.32 Å². The first-order valence-electron chi connectivity index (χ1n) is 39.0. The molecule has 538 valence electrons. The molecular weight excluding hydrogens is 1210 g/mol. The normalized spacial score (nSPS) is 17.2. The minimum absolute atomic E-state index is 0.0295. The predicted molar refractivity (Wildman–Crippen MR) is 401 cm³/mol. The Bertz CT molecular complexity index is 2800. The van der Waals surface area contributed by atoms with E-state index in [2.05, 4.69) is 104 Å². The largest absolute Gasteiger partial charge is 0.375 e. The molecule has 0 radical (unpaired) electrons. The molecule has 98 heavy (non-hydrogen) atoms. The highest BCUT2D eigenvalue weighted by molar-refractivity contribution is 5.76. The standard InChI is InChI=1S/C88H127NO9/c1-3-5-7-9-11-13-15-17-18-19-20-21-22-23-25-27-29-31-51-65-83(90)89-80(72-91-66-74-52-38-32-39-53-74)84(81(93-68-76-56-42-34-43-57-76)64-50-30-28-26-24-16-14-12-10-8-6-4-2)98-88-87(96-71-79-62-48-37-49-63-79)86(95-70-78-60-46-36-47-61-78)85(94-69-77-58-44-35-45-59-77)82(97-88)73-92-67-75-54-40-33-41-55-75/h32-49,52-63,80-82,84-88H,3-31,50-51,64-73H2,1-2H3,(H,89,90)/t80-,81+,82+,84+,85-,86-,87+,88-/m0/s1. The number of hydrogen-bond acceptors (Lipinski definition) is 9. The van der Waals surface area contributed by atoms with Crippen molar-refractivity contribution < 1.29 is 42.7 Å². The maximum atomic E-state index is 14.9. The first kappa shape index (κ1) is 79.8. The second-order valence-electron chi connectivity index (χ2n) is 27.7. The van der Waals surface area contributed by atoms with Gasteiger partial charge in [-0.3, -0.25) is 4.79 Å². The lowest BCUT2D eigenvalue weighted by atomic mass is 9.96. The number of rotatable bonds is 58. The molecular formula is C88H127NO9. The molecule has 7 rings (SSSR count). The van der Waals surface area contributed by atoms with Gasteiger partial charge in [-0.1, -0.05) is 388 Å². The molecule has 0 unspecified atom stereocenters. The van der Waals surface area contributed by atoms with Gasteiger partial charge < -0.3 is 43.2 Å². The molecule has 10 heteroatoms. The van der Waals surface area contributed by atoms with E-state index in [0.29, 0.717) is 39.3 Å². The number of amides is 1. The summed E-state index contributed by atoms with van der Waals surface area (Å²) in [5.41, 5.74) is 6.16. The summed E-state index contributed by atoms with van der Waals surface area (Å²) in [5.74, 6) is -0.0295. The van der Waals surface area contributed by atoms with Crippen LogP contribution in [0.4, 0.5) is 0 Å². The lowest BCUT2D eigenvalue weighted by Crippen LogP contribution is -2.64. The van der Waals surface area contributed by atoms with Crippen LogP contribution in [0.1, 0.15) is 259 Å². The van der Waals surface area contributed by atoms with Crippen molar-refractivity contribution in [3.05, 3.63) is 215 Å². The average molecular weight is 1340 g/mol. The maximum Gasteiger partial charge on any atom is 0.220 e. The van der Waals surface area contributed by atoms with E-state index >= 15 is 0 Å². The Morgan fingerprint density at radius 1 is 0.367 bits per heavy atom. The summed E-state index contributed by atoms with van der Waals surface area (Å²) in [4.78, 5) is 14.9. The van der Waals surface area contributed by atoms with Crippen LogP contribution in [0.15, 0.2) is 182 Å². The van der Waals surface area contributed by atoms with Crippen molar-refractivity contribution in [3.8, 4) is 0 Å². The molecule has 0 bridgehead atoms. The van der Waals surface area contributed by atoms with Gasteiger partial charge in [-0.15, -0.1) is 0 Å². The smallest absolute Gasteiger partial charge is 0.220 e. The lowest BCUT2D eigenvalue weighted by Gasteiger charge is -2.47.